The Morgan fingerprint density at radius 2 is 1.00 bits per heavy atom. The minimum Gasteiger partial charge on any atom is -0.412 e. The van der Waals surface area contributed by atoms with E-state index in [9.17, 15) is 26.3 Å². The molecule has 0 aliphatic heterocycles. The van der Waals surface area contributed by atoms with Gasteiger partial charge in [-0.25, -0.2) is 0 Å². The summed E-state index contributed by atoms with van der Waals surface area (Å²) in [5.41, 5.74) is 0. The largest absolute Gasteiger partial charge is 0.448 e. The zero-order valence-electron chi connectivity index (χ0n) is 5.27. The molecule has 3 nitrogen and oxygen atoms in total. The number of halogens is 6. The molecule has 0 saturated carbocycles. The summed E-state index contributed by atoms with van der Waals surface area (Å²) < 4.78 is 64.8. The fourth-order valence-electron chi connectivity index (χ4n) is 0.107. The summed E-state index contributed by atoms with van der Waals surface area (Å²) in [6, 6.07) is 0. The fourth-order valence-corrected chi connectivity index (χ4v) is 0.107. The van der Waals surface area contributed by atoms with Crippen molar-refractivity contribution in [2.24, 2.45) is 0 Å². The van der Waals surface area contributed by atoms with Gasteiger partial charge >= 0.3 is 12.3 Å². The van der Waals surface area contributed by atoms with E-state index in [2.05, 4.69) is 0 Å². The standard InChI is InChI=1S/C3F6.3H2O/c4-1(2(5)6)3(7,8)9;;;/h;3*1H2. The van der Waals surface area contributed by atoms with Crippen molar-refractivity contribution in [3.63, 3.8) is 0 Å². The topological polar surface area (TPSA) is 94.5 Å². The second-order valence-electron chi connectivity index (χ2n) is 1.07. The van der Waals surface area contributed by atoms with Gasteiger partial charge in [0.25, 0.3) is 5.83 Å². The molecule has 6 N–H and O–H groups in total. The molecule has 0 saturated heterocycles. The number of allylic oxidation sites excluding steroid dienone is 1. The number of hydrogen-bond acceptors (Lipinski definition) is 0. The van der Waals surface area contributed by atoms with Crippen LogP contribution in [0.2, 0.25) is 0 Å². The first kappa shape index (κ1) is 22.5. The zero-order valence-corrected chi connectivity index (χ0v) is 5.27. The van der Waals surface area contributed by atoms with E-state index in [4.69, 9.17) is 0 Å². The highest BCUT2D eigenvalue weighted by molar-refractivity contribution is 4.98. The summed E-state index contributed by atoms with van der Waals surface area (Å²) in [5, 5.41) is 0. The van der Waals surface area contributed by atoms with Crippen LogP contribution in [0.5, 0.6) is 0 Å². The van der Waals surface area contributed by atoms with Crippen LogP contribution in [-0.4, -0.2) is 22.6 Å². The molecule has 0 fully saturated rings. The van der Waals surface area contributed by atoms with E-state index in [1.165, 1.54) is 0 Å². The minimum atomic E-state index is -5.56. The van der Waals surface area contributed by atoms with Crippen molar-refractivity contribution in [3.05, 3.63) is 11.9 Å². The molecule has 0 rings (SSSR count). The monoisotopic (exact) mass is 204 g/mol. The normalized spacial score (nSPS) is 8.50. The van der Waals surface area contributed by atoms with Gasteiger partial charge in [-0.3, -0.25) is 0 Å². The van der Waals surface area contributed by atoms with Crippen molar-refractivity contribution in [1.82, 2.24) is 0 Å². The van der Waals surface area contributed by atoms with Gasteiger partial charge in [0.2, 0.25) is 0 Å². The summed E-state index contributed by atoms with van der Waals surface area (Å²) in [6.45, 7) is 0. The van der Waals surface area contributed by atoms with Crippen molar-refractivity contribution in [3.8, 4) is 0 Å². The summed E-state index contributed by atoms with van der Waals surface area (Å²) in [5.74, 6) is -3.33. The Bertz CT molecular complexity index is 135. The lowest BCUT2D eigenvalue weighted by molar-refractivity contribution is -0.113. The molecule has 0 heterocycles. The fraction of sp³-hybridized carbons (Fsp3) is 0.333. The first-order valence-electron chi connectivity index (χ1n) is 1.63. The molecule has 0 aromatic rings. The van der Waals surface area contributed by atoms with Gasteiger partial charge in [0.15, 0.2) is 0 Å². The Hall–Kier alpha value is -0.800. The van der Waals surface area contributed by atoms with E-state index in [-0.39, 0.29) is 16.4 Å². The molecule has 0 unspecified atom stereocenters. The average Bonchev–Trinajstić information content (AvgIpc) is 1.62. The third-order valence-electron chi connectivity index (χ3n) is 0.415. The van der Waals surface area contributed by atoms with Gasteiger partial charge in [0.1, 0.15) is 0 Å². The summed E-state index contributed by atoms with van der Waals surface area (Å²) in [7, 11) is 0. The van der Waals surface area contributed by atoms with Crippen LogP contribution in [0.15, 0.2) is 11.9 Å². The Kier molecular flexibility index (Phi) is 12.9. The smallest absolute Gasteiger partial charge is 0.412 e. The lowest BCUT2D eigenvalue weighted by Gasteiger charge is -1.98. The number of hydrogen-bond donors (Lipinski definition) is 0. The van der Waals surface area contributed by atoms with Crippen molar-refractivity contribution >= 4 is 0 Å². The predicted octanol–water partition coefficient (Wildman–Crippen LogP) is 0.152. The first-order valence-corrected chi connectivity index (χ1v) is 1.63. The Morgan fingerprint density at radius 1 is 0.750 bits per heavy atom. The summed E-state index contributed by atoms with van der Waals surface area (Å²) in [4.78, 5) is 0. The average molecular weight is 204 g/mol. The van der Waals surface area contributed by atoms with E-state index in [1.54, 1.807) is 0 Å². The van der Waals surface area contributed by atoms with Gasteiger partial charge in [-0.1, -0.05) is 0 Å². The maximum atomic E-state index is 11.0. The molecule has 0 bridgehead atoms. The molecule has 12 heavy (non-hydrogen) atoms. The Balaban J connectivity index is -0.000000107. The first-order chi connectivity index (χ1) is 3.85. The van der Waals surface area contributed by atoms with Crippen molar-refractivity contribution in [2.75, 3.05) is 0 Å². The van der Waals surface area contributed by atoms with E-state index in [1.807, 2.05) is 0 Å². The Labute approximate surface area is 62.2 Å². The quantitative estimate of drug-likeness (QED) is 0.502. The highest BCUT2D eigenvalue weighted by Gasteiger charge is 2.38. The molecule has 78 valence electrons. The lowest BCUT2D eigenvalue weighted by Crippen LogP contribution is -2.08. The van der Waals surface area contributed by atoms with Crippen LogP contribution < -0.4 is 0 Å². The van der Waals surface area contributed by atoms with Gasteiger partial charge in [-0.15, -0.1) is 0 Å². The maximum Gasteiger partial charge on any atom is 0.448 e. The molecule has 0 atom stereocenters. The number of rotatable bonds is 0. The molecule has 0 radical (unpaired) electrons. The molecule has 0 amide bonds. The highest BCUT2D eigenvalue weighted by Crippen LogP contribution is 2.29. The van der Waals surface area contributed by atoms with E-state index >= 15 is 0 Å². The maximum absolute atomic E-state index is 11.0. The highest BCUT2D eigenvalue weighted by atomic mass is 19.4. The second kappa shape index (κ2) is 6.88. The number of alkyl halides is 3. The van der Waals surface area contributed by atoms with Crippen molar-refractivity contribution in [2.45, 2.75) is 6.18 Å². The molecule has 0 aliphatic carbocycles. The van der Waals surface area contributed by atoms with Gasteiger partial charge in [-0.2, -0.15) is 26.3 Å². The van der Waals surface area contributed by atoms with Crippen LogP contribution in [-0.2, 0) is 0 Å². The summed E-state index contributed by atoms with van der Waals surface area (Å²) in [6.07, 6.45) is -8.90. The van der Waals surface area contributed by atoms with Crippen LogP contribution in [0.4, 0.5) is 26.3 Å². The molecule has 0 aromatic carbocycles. The molecule has 0 spiro atoms. The van der Waals surface area contributed by atoms with E-state index in [0.717, 1.165) is 0 Å². The molecule has 9 heteroatoms. The summed E-state index contributed by atoms with van der Waals surface area (Å²) >= 11 is 0. The van der Waals surface area contributed by atoms with Crippen LogP contribution in [0.1, 0.15) is 0 Å². The van der Waals surface area contributed by atoms with Gasteiger partial charge < -0.3 is 16.4 Å². The van der Waals surface area contributed by atoms with Gasteiger partial charge in [-0.05, 0) is 0 Å². The van der Waals surface area contributed by atoms with Crippen molar-refractivity contribution < 1.29 is 42.8 Å². The molecule has 0 aromatic heterocycles. The van der Waals surface area contributed by atoms with Gasteiger partial charge in [0, 0.05) is 0 Å². The van der Waals surface area contributed by atoms with Crippen LogP contribution in [0.3, 0.4) is 0 Å². The van der Waals surface area contributed by atoms with Crippen LogP contribution in [0, 0.1) is 0 Å². The Morgan fingerprint density at radius 3 is 1.00 bits per heavy atom. The van der Waals surface area contributed by atoms with Crippen LogP contribution in [0.25, 0.3) is 0 Å². The third kappa shape index (κ3) is 7.31. The van der Waals surface area contributed by atoms with E-state index in [0.29, 0.717) is 0 Å². The molecule has 0 aliphatic rings. The van der Waals surface area contributed by atoms with Crippen LogP contribution >= 0.6 is 0 Å². The second-order valence-corrected chi connectivity index (χ2v) is 1.07. The lowest BCUT2D eigenvalue weighted by atomic mass is 10.6. The minimum absolute atomic E-state index is 0. The molecular formula is C3H6F6O3. The zero-order chi connectivity index (χ0) is 7.65. The van der Waals surface area contributed by atoms with Crippen molar-refractivity contribution in [1.29, 1.82) is 0 Å². The predicted molar refractivity (Wildman–Crippen MR) is 27.2 cm³/mol. The molecular weight excluding hydrogens is 198 g/mol. The van der Waals surface area contributed by atoms with Gasteiger partial charge in [0.05, 0.1) is 0 Å². The van der Waals surface area contributed by atoms with E-state index < -0.39 is 18.1 Å². The SMILES string of the molecule is FC(F)=C(F)C(F)(F)F.O.O.O. The third-order valence-corrected chi connectivity index (χ3v) is 0.415.